The zero-order chi connectivity index (χ0) is 8.10. The van der Waals surface area contributed by atoms with Gasteiger partial charge in [-0.25, -0.2) is 4.39 Å². The first-order valence-corrected chi connectivity index (χ1v) is 4.68. The van der Waals surface area contributed by atoms with Gasteiger partial charge < -0.3 is 5.73 Å². The number of nitrogens with two attached hydrogens (primary N) is 1. The van der Waals surface area contributed by atoms with E-state index in [2.05, 4.69) is 0 Å². The van der Waals surface area contributed by atoms with Crippen LogP contribution >= 0.6 is 0 Å². The molecule has 0 aromatic heterocycles. The molecule has 1 fully saturated rings. The van der Waals surface area contributed by atoms with Gasteiger partial charge in [0.25, 0.3) is 0 Å². The molecule has 0 heterocycles. The molecule has 0 aromatic rings. The fraction of sp³-hybridized carbons (Fsp3) is 1.00. The summed E-state index contributed by atoms with van der Waals surface area (Å²) in [5.74, 6) is 0.266. The van der Waals surface area contributed by atoms with Gasteiger partial charge >= 0.3 is 0 Å². The summed E-state index contributed by atoms with van der Waals surface area (Å²) >= 11 is 0. The summed E-state index contributed by atoms with van der Waals surface area (Å²) in [6.45, 7) is 0.644. The largest absolute Gasteiger partial charge is 0.330 e. The van der Waals surface area contributed by atoms with Crippen molar-refractivity contribution in [3.8, 4) is 0 Å². The van der Waals surface area contributed by atoms with Crippen molar-refractivity contribution in [2.45, 2.75) is 44.7 Å². The van der Waals surface area contributed by atoms with Crippen LogP contribution < -0.4 is 5.73 Å². The zero-order valence-electron chi connectivity index (χ0n) is 7.06. The predicted octanol–water partition coefficient (Wildman–Crippen LogP) is 2.25. The van der Waals surface area contributed by atoms with Gasteiger partial charge in [0.05, 0.1) is 0 Å². The van der Waals surface area contributed by atoms with Crippen molar-refractivity contribution in [1.29, 1.82) is 0 Å². The highest BCUT2D eigenvalue weighted by atomic mass is 19.1. The smallest absolute Gasteiger partial charge is 0.103 e. The van der Waals surface area contributed by atoms with Crippen LogP contribution in [-0.2, 0) is 0 Å². The number of halogens is 1. The second kappa shape index (κ2) is 4.70. The summed E-state index contributed by atoms with van der Waals surface area (Å²) in [5, 5.41) is 0. The first-order chi connectivity index (χ1) is 5.34. The van der Waals surface area contributed by atoms with Crippen LogP contribution in [0, 0.1) is 5.92 Å². The van der Waals surface area contributed by atoms with Crippen LogP contribution in [0.5, 0.6) is 0 Å². The van der Waals surface area contributed by atoms with E-state index in [0.29, 0.717) is 6.54 Å². The fourth-order valence-corrected chi connectivity index (χ4v) is 1.88. The molecule has 2 heteroatoms. The minimum atomic E-state index is -0.568. The lowest BCUT2D eigenvalue weighted by Gasteiger charge is -2.16. The van der Waals surface area contributed by atoms with E-state index in [9.17, 15) is 4.39 Å². The van der Waals surface area contributed by atoms with Gasteiger partial charge in [-0.15, -0.1) is 0 Å². The van der Waals surface area contributed by atoms with Gasteiger partial charge in [-0.2, -0.15) is 0 Å². The molecular weight excluding hydrogens is 141 g/mol. The Morgan fingerprint density at radius 3 is 2.64 bits per heavy atom. The Labute approximate surface area is 68.2 Å². The molecule has 2 N–H and O–H groups in total. The zero-order valence-corrected chi connectivity index (χ0v) is 7.06. The molecule has 1 aliphatic rings. The van der Waals surface area contributed by atoms with E-state index >= 15 is 0 Å². The van der Waals surface area contributed by atoms with Crippen LogP contribution in [-0.4, -0.2) is 12.7 Å². The second-order valence-corrected chi connectivity index (χ2v) is 3.49. The van der Waals surface area contributed by atoms with Gasteiger partial charge in [-0.05, 0) is 31.7 Å². The lowest BCUT2D eigenvalue weighted by molar-refractivity contribution is 0.207. The number of alkyl halides is 1. The Kier molecular flexibility index (Phi) is 3.84. The molecule has 66 valence electrons. The Hall–Kier alpha value is -0.110. The van der Waals surface area contributed by atoms with E-state index in [1.807, 2.05) is 0 Å². The summed E-state index contributed by atoms with van der Waals surface area (Å²) in [4.78, 5) is 0. The SMILES string of the molecule is NCCC1CCCCCC1F. The maximum absolute atomic E-state index is 13.2. The highest BCUT2D eigenvalue weighted by molar-refractivity contribution is 4.73. The minimum Gasteiger partial charge on any atom is -0.330 e. The molecule has 2 unspecified atom stereocenters. The van der Waals surface area contributed by atoms with Gasteiger partial charge in [-0.3, -0.25) is 0 Å². The Morgan fingerprint density at radius 2 is 1.91 bits per heavy atom. The van der Waals surface area contributed by atoms with E-state index in [4.69, 9.17) is 5.73 Å². The lowest BCUT2D eigenvalue weighted by Crippen LogP contribution is -2.18. The summed E-state index contributed by atoms with van der Waals surface area (Å²) in [5.41, 5.74) is 5.41. The predicted molar refractivity (Wildman–Crippen MR) is 45.1 cm³/mol. The van der Waals surface area contributed by atoms with E-state index < -0.39 is 6.17 Å². The van der Waals surface area contributed by atoms with Crippen molar-refractivity contribution in [3.63, 3.8) is 0 Å². The number of hydrogen-bond acceptors (Lipinski definition) is 1. The van der Waals surface area contributed by atoms with Crippen molar-refractivity contribution in [2.75, 3.05) is 6.54 Å². The molecule has 1 rings (SSSR count). The normalized spacial score (nSPS) is 33.3. The number of hydrogen-bond donors (Lipinski definition) is 1. The van der Waals surface area contributed by atoms with E-state index in [0.717, 1.165) is 25.7 Å². The van der Waals surface area contributed by atoms with Gasteiger partial charge in [0, 0.05) is 0 Å². The van der Waals surface area contributed by atoms with Crippen LogP contribution in [0.2, 0.25) is 0 Å². The Bertz CT molecular complexity index is 106. The molecular formula is C9H18FN. The maximum atomic E-state index is 13.2. The molecule has 2 atom stereocenters. The van der Waals surface area contributed by atoms with Gasteiger partial charge in [-0.1, -0.05) is 19.3 Å². The quantitative estimate of drug-likeness (QED) is 0.614. The van der Waals surface area contributed by atoms with Crippen LogP contribution in [0.15, 0.2) is 0 Å². The van der Waals surface area contributed by atoms with E-state index in [1.165, 1.54) is 12.8 Å². The molecule has 1 nitrogen and oxygen atoms in total. The van der Waals surface area contributed by atoms with Crippen LogP contribution in [0.25, 0.3) is 0 Å². The highest BCUT2D eigenvalue weighted by Crippen LogP contribution is 2.27. The average Bonchev–Trinajstić information content (AvgIpc) is 2.18. The summed E-state index contributed by atoms with van der Waals surface area (Å²) in [6.07, 6.45) is 5.61. The van der Waals surface area contributed by atoms with Crippen LogP contribution in [0.3, 0.4) is 0 Å². The fourth-order valence-electron chi connectivity index (χ4n) is 1.88. The molecule has 0 amide bonds. The average molecular weight is 159 g/mol. The van der Waals surface area contributed by atoms with Crippen LogP contribution in [0.4, 0.5) is 4.39 Å². The van der Waals surface area contributed by atoms with Crippen molar-refractivity contribution >= 4 is 0 Å². The lowest BCUT2D eigenvalue weighted by atomic mass is 9.95. The highest BCUT2D eigenvalue weighted by Gasteiger charge is 2.21. The van der Waals surface area contributed by atoms with Crippen molar-refractivity contribution in [1.82, 2.24) is 0 Å². The van der Waals surface area contributed by atoms with Gasteiger partial charge in [0.1, 0.15) is 6.17 Å². The maximum Gasteiger partial charge on any atom is 0.103 e. The molecule has 11 heavy (non-hydrogen) atoms. The molecule has 0 aliphatic heterocycles. The minimum absolute atomic E-state index is 0.266. The third-order valence-electron chi connectivity index (χ3n) is 2.60. The van der Waals surface area contributed by atoms with Gasteiger partial charge in [0.15, 0.2) is 0 Å². The summed E-state index contributed by atoms with van der Waals surface area (Å²) < 4.78 is 13.2. The third kappa shape index (κ3) is 2.78. The second-order valence-electron chi connectivity index (χ2n) is 3.49. The Morgan fingerprint density at radius 1 is 1.18 bits per heavy atom. The van der Waals surface area contributed by atoms with E-state index in [1.54, 1.807) is 0 Å². The van der Waals surface area contributed by atoms with Gasteiger partial charge in [0.2, 0.25) is 0 Å². The first kappa shape index (κ1) is 8.98. The molecule has 0 spiro atoms. The van der Waals surface area contributed by atoms with E-state index in [-0.39, 0.29) is 5.92 Å². The molecule has 0 aromatic carbocycles. The molecule has 0 bridgehead atoms. The van der Waals surface area contributed by atoms with Crippen molar-refractivity contribution in [3.05, 3.63) is 0 Å². The van der Waals surface area contributed by atoms with Crippen LogP contribution in [0.1, 0.15) is 38.5 Å². The van der Waals surface area contributed by atoms with Crippen molar-refractivity contribution in [2.24, 2.45) is 11.7 Å². The topological polar surface area (TPSA) is 26.0 Å². The number of rotatable bonds is 2. The molecule has 1 aliphatic carbocycles. The standard InChI is InChI=1S/C9H18FN/c10-9-5-3-1-2-4-8(9)6-7-11/h8-9H,1-7,11H2. The Balaban J connectivity index is 2.32. The monoisotopic (exact) mass is 159 g/mol. The summed E-state index contributed by atoms with van der Waals surface area (Å²) in [7, 11) is 0. The third-order valence-corrected chi connectivity index (χ3v) is 2.60. The van der Waals surface area contributed by atoms with Crippen molar-refractivity contribution < 1.29 is 4.39 Å². The summed E-state index contributed by atoms with van der Waals surface area (Å²) in [6, 6.07) is 0. The molecule has 0 saturated heterocycles. The molecule has 1 saturated carbocycles. The molecule has 0 radical (unpaired) electrons. The first-order valence-electron chi connectivity index (χ1n) is 4.68.